The smallest absolute Gasteiger partial charge is 0.317 e. The zero-order chi connectivity index (χ0) is 19.4. The average Bonchev–Trinajstić information content (AvgIpc) is 3.08. The molecule has 0 aromatic carbocycles. The molecule has 5 rings (SSSR count). The number of esters is 1. The fraction of sp³-hybridized carbons (Fsp3) is 0.857. The van der Waals surface area contributed by atoms with E-state index in [0.717, 1.165) is 24.8 Å². The minimum Gasteiger partial charge on any atom is -0.434 e. The summed E-state index contributed by atoms with van der Waals surface area (Å²) in [6.07, 6.45) is 0.725. The van der Waals surface area contributed by atoms with Crippen LogP contribution in [0.25, 0.3) is 0 Å². The standard InChI is InChI=1S/C21H30O6/c1-10-11-5-6-12-20(9-11,15(10)23)17(24)27-18-21(12)13(22)7-8-19(2,3)14(21)16(25-4)26-18/h11-16,18,22-23H,1,5-9H2,2-4H3/t11-,12+,13-,14+,15+,16+,18+,20+,21-/m0/s1. The Hall–Kier alpha value is -0.950. The first kappa shape index (κ1) is 18.1. The molecular formula is C21H30O6. The fourth-order valence-corrected chi connectivity index (χ4v) is 7.65. The lowest BCUT2D eigenvalue weighted by atomic mass is 9.43. The van der Waals surface area contributed by atoms with E-state index in [-0.39, 0.29) is 23.2 Å². The van der Waals surface area contributed by atoms with Crippen molar-refractivity contribution in [1.82, 2.24) is 0 Å². The highest BCUT2D eigenvalue weighted by Crippen LogP contribution is 2.73. The second-order valence-corrected chi connectivity index (χ2v) is 10.0. The van der Waals surface area contributed by atoms with Gasteiger partial charge in [-0.15, -0.1) is 0 Å². The molecule has 2 aliphatic heterocycles. The van der Waals surface area contributed by atoms with Crippen LogP contribution >= 0.6 is 0 Å². The van der Waals surface area contributed by atoms with Gasteiger partial charge >= 0.3 is 5.97 Å². The number of aliphatic hydroxyl groups is 2. The third kappa shape index (κ3) is 1.84. The lowest BCUT2D eigenvalue weighted by molar-refractivity contribution is -0.288. The minimum atomic E-state index is -1.02. The number of fused-ring (bicyclic) bond motifs is 1. The van der Waals surface area contributed by atoms with Crippen LogP contribution in [-0.2, 0) is 19.0 Å². The second-order valence-electron chi connectivity index (χ2n) is 10.0. The molecule has 6 heteroatoms. The minimum absolute atomic E-state index is 0.114. The molecule has 2 spiro atoms. The van der Waals surface area contributed by atoms with Gasteiger partial charge in [0.15, 0.2) is 6.29 Å². The first-order chi connectivity index (χ1) is 12.7. The Bertz CT molecular complexity index is 703. The first-order valence-corrected chi connectivity index (χ1v) is 10.2. The maximum absolute atomic E-state index is 13.2. The van der Waals surface area contributed by atoms with E-state index in [1.165, 1.54) is 0 Å². The molecule has 27 heavy (non-hydrogen) atoms. The lowest BCUT2D eigenvalue weighted by Crippen LogP contribution is -2.69. The van der Waals surface area contributed by atoms with Gasteiger partial charge in [-0.05, 0) is 54.9 Å². The summed E-state index contributed by atoms with van der Waals surface area (Å²) in [7, 11) is 1.60. The molecule has 2 saturated heterocycles. The largest absolute Gasteiger partial charge is 0.434 e. The van der Waals surface area contributed by atoms with Crippen LogP contribution < -0.4 is 0 Å². The normalized spacial score (nSPS) is 55.5. The topological polar surface area (TPSA) is 85.2 Å². The van der Waals surface area contributed by atoms with Crippen molar-refractivity contribution in [3.8, 4) is 0 Å². The van der Waals surface area contributed by atoms with Crippen LogP contribution in [0.5, 0.6) is 0 Å². The van der Waals surface area contributed by atoms with Crippen molar-refractivity contribution in [2.75, 3.05) is 7.11 Å². The van der Waals surface area contributed by atoms with Gasteiger partial charge < -0.3 is 24.4 Å². The van der Waals surface area contributed by atoms with Crippen LogP contribution in [0.15, 0.2) is 12.2 Å². The fourth-order valence-electron chi connectivity index (χ4n) is 7.65. The molecule has 0 aromatic rings. The third-order valence-corrected chi connectivity index (χ3v) is 8.76. The number of hydrogen-bond acceptors (Lipinski definition) is 6. The summed E-state index contributed by atoms with van der Waals surface area (Å²) in [6.45, 7) is 8.45. The van der Waals surface area contributed by atoms with Gasteiger partial charge in [-0.1, -0.05) is 20.4 Å². The molecule has 2 heterocycles. The van der Waals surface area contributed by atoms with Gasteiger partial charge in [0.25, 0.3) is 0 Å². The Morgan fingerprint density at radius 2 is 1.96 bits per heavy atom. The molecular weight excluding hydrogens is 348 g/mol. The lowest BCUT2D eigenvalue weighted by Gasteiger charge is -2.62. The van der Waals surface area contributed by atoms with Crippen molar-refractivity contribution in [2.24, 2.45) is 34.0 Å². The molecule has 5 fully saturated rings. The van der Waals surface area contributed by atoms with Crippen molar-refractivity contribution in [2.45, 2.75) is 70.7 Å². The Morgan fingerprint density at radius 1 is 1.22 bits per heavy atom. The molecule has 0 aromatic heterocycles. The first-order valence-electron chi connectivity index (χ1n) is 10.2. The maximum Gasteiger partial charge on any atom is 0.317 e. The van der Waals surface area contributed by atoms with Crippen molar-refractivity contribution >= 4 is 5.97 Å². The van der Waals surface area contributed by atoms with Gasteiger partial charge in [0, 0.05) is 13.0 Å². The average molecular weight is 378 g/mol. The van der Waals surface area contributed by atoms with Crippen LogP contribution in [0.4, 0.5) is 0 Å². The summed E-state index contributed by atoms with van der Waals surface area (Å²) in [5.41, 5.74) is -1.17. The third-order valence-electron chi connectivity index (χ3n) is 8.76. The van der Waals surface area contributed by atoms with E-state index in [1.54, 1.807) is 7.11 Å². The highest BCUT2D eigenvalue weighted by molar-refractivity contribution is 5.81. The number of ether oxygens (including phenoxy) is 3. The molecule has 2 N–H and O–H groups in total. The number of carbonyl (C=O) groups is 1. The van der Waals surface area contributed by atoms with Gasteiger partial charge in [-0.2, -0.15) is 0 Å². The van der Waals surface area contributed by atoms with Crippen molar-refractivity contribution in [3.05, 3.63) is 12.2 Å². The summed E-state index contributed by atoms with van der Waals surface area (Å²) in [6, 6.07) is 0. The van der Waals surface area contributed by atoms with E-state index in [0.29, 0.717) is 12.8 Å². The van der Waals surface area contributed by atoms with Crippen molar-refractivity contribution < 1.29 is 29.2 Å². The summed E-state index contributed by atoms with van der Waals surface area (Å²) in [4.78, 5) is 13.2. The monoisotopic (exact) mass is 378 g/mol. The predicted octanol–water partition coefficient (Wildman–Crippen LogP) is 1.99. The van der Waals surface area contributed by atoms with Crippen LogP contribution in [0.2, 0.25) is 0 Å². The Kier molecular flexibility index (Phi) is 3.59. The van der Waals surface area contributed by atoms with E-state index >= 15 is 0 Å². The second kappa shape index (κ2) is 5.35. The van der Waals surface area contributed by atoms with E-state index in [1.807, 2.05) is 0 Å². The van der Waals surface area contributed by atoms with E-state index in [2.05, 4.69) is 20.4 Å². The van der Waals surface area contributed by atoms with Gasteiger partial charge in [0.2, 0.25) is 6.29 Å². The quantitative estimate of drug-likeness (QED) is 0.536. The molecule has 9 atom stereocenters. The van der Waals surface area contributed by atoms with Crippen LogP contribution in [0.3, 0.4) is 0 Å². The highest BCUT2D eigenvalue weighted by Gasteiger charge is 2.80. The predicted molar refractivity (Wildman–Crippen MR) is 95.1 cm³/mol. The SMILES string of the molecule is C=C1[C@H]2CC[C@@H]3[C@@](C2)(C(=O)O[C@H]2O[C@@H](OC)[C@@H]4C(C)(C)CC[C@H](O)[C@]243)[C@@H]1O. The van der Waals surface area contributed by atoms with Crippen LogP contribution in [0.1, 0.15) is 46.0 Å². The molecule has 2 bridgehead atoms. The highest BCUT2D eigenvalue weighted by atomic mass is 16.8. The molecule has 0 radical (unpaired) electrons. The number of aliphatic hydroxyl groups excluding tert-OH is 2. The maximum atomic E-state index is 13.2. The summed E-state index contributed by atoms with van der Waals surface area (Å²) in [5.74, 6) is -0.577. The summed E-state index contributed by atoms with van der Waals surface area (Å²) in [5, 5.41) is 22.5. The van der Waals surface area contributed by atoms with Gasteiger partial charge in [0.05, 0.1) is 17.6 Å². The van der Waals surface area contributed by atoms with Gasteiger partial charge in [0.1, 0.15) is 5.41 Å². The Balaban J connectivity index is 1.73. The van der Waals surface area contributed by atoms with Crippen LogP contribution in [-0.4, -0.2) is 48.1 Å². The molecule has 3 saturated carbocycles. The number of rotatable bonds is 1. The molecule has 0 amide bonds. The van der Waals surface area contributed by atoms with E-state index in [9.17, 15) is 15.0 Å². The zero-order valence-corrected chi connectivity index (χ0v) is 16.3. The molecule has 3 aliphatic carbocycles. The van der Waals surface area contributed by atoms with Crippen molar-refractivity contribution in [3.63, 3.8) is 0 Å². The Labute approximate surface area is 159 Å². The van der Waals surface area contributed by atoms with Crippen LogP contribution in [0, 0.1) is 34.0 Å². The van der Waals surface area contributed by atoms with Crippen molar-refractivity contribution in [1.29, 1.82) is 0 Å². The number of methoxy groups -OCH3 is 1. The summed E-state index contributed by atoms with van der Waals surface area (Å²) < 4.78 is 17.7. The molecule has 0 unspecified atom stereocenters. The molecule has 5 aliphatic rings. The van der Waals surface area contributed by atoms with Gasteiger partial charge in [-0.3, -0.25) is 4.79 Å². The van der Waals surface area contributed by atoms with E-state index in [4.69, 9.17) is 14.2 Å². The van der Waals surface area contributed by atoms with Gasteiger partial charge in [-0.25, -0.2) is 0 Å². The number of carbonyl (C=O) groups excluding carboxylic acids is 1. The number of hydrogen-bond donors (Lipinski definition) is 2. The van der Waals surface area contributed by atoms with E-state index < -0.39 is 41.6 Å². The molecule has 6 nitrogen and oxygen atoms in total. The molecule has 150 valence electrons. The summed E-state index contributed by atoms with van der Waals surface area (Å²) >= 11 is 0. The zero-order valence-electron chi connectivity index (χ0n) is 16.3. The Morgan fingerprint density at radius 3 is 2.67 bits per heavy atom.